The lowest BCUT2D eigenvalue weighted by Gasteiger charge is -2.37. The Morgan fingerprint density at radius 2 is 2.15 bits per heavy atom. The summed E-state index contributed by atoms with van der Waals surface area (Å²) in [5.74, 6) is -0.103. The molecule has 0 radical (unpaired) electrons. The summed E-state index contributed by atoms with van der Waals surface area (Å²) >= 11 is 0. The standard InChI is InChI=1S/C16H22FNO2/c1-16(2)19-10-15(20-16)9-18-14-7-12(8-14)11-4-3-5-13(17)6-11/h3-6,12,14-15,18H,7-10H2,1-2H3. The van der Waals surface area contributed by atoms with Crippen LogP contribution in [-0.4, -0.2) is 31.1 Å². The van der Waals surface area contributed by atoms with E-state index in [9.17, 15) is 4.39 Å². The third-order valence-corrected chi connectivity index (χ3v) is 4.16. The van der Waals surface area contributed by atoms with E-state index >= 15 is 0 Å². The van der Waals surface area contributed by atoms with Gasteiger partial charge in [-0.1, -0.05) is 12.1 Å². The van der Waals surface area contributed by atoms with Crippen molar-refractivity contribution in [3.05, 3.63) is 35.6 Å². The van der Waals surface area contributed by atoms with E-state index in [1.54, 1.807) is 12.1 Å². The Hall–Kier alpha value is -0.970. The lowest BCUT2D eigenvalue weighted by molar-refractivity contribution is -0.138. The first kappa shape index (κ1) is 14.0. The van der Waals surface area contributed by atoms with Crippen molar-refractivity contribution in [3.8, 4) is 0 Å². The van der Waals surface area contributed by atoms with Gasteiger partial charge in [0, 0.05) is 12.6 Å². The Labute approximate surface area is 119 Å². The molecule has 1 atom stereocenters. The highest BCUT2D eigenvalue weighted by molar-refractivity contribution is 5.23. The van der Waals surface area contributed by atoms with Crippen LogP contribution in [0.15, 0.2) is 24.3 Å². The Bertz CT molecular complexity index is 471. The van der Waals surface area contributed by atoms with Crippen LogP contribution in [0.5, 0.6) is 0 Å². The van der Waals surface area contributed by atoms with Crippen LogP contribution in [0.2, 0.25) is 0 Å². The van der Waals surface area contributed by atoms with Crippen molar-refractivity contribution < 1.29 is 13.9 Å². The highest BCUT2D eigenvalue weighted by Crippen LogP contribution is 2.37. The minimum Gasteiger partial charge on any atom is -0.348 e. The maximum absolute atomic E-state index is 13.2. The van der Waals surface area contributed by atoms with Crippen LogP contribution in [0.4, 0.5) is 4.39 Å². The Morgan fingerprint density at radius 1 is 1.35 bits per heavy atom. The SMILES string of the molecule is CC1(C)OCC(CNC2CC(c3cccc(F)c3)C2)O1. The minimum absolute atomic E-state index is 0.137. The van der Waals surface area contributed by atoms with Crippen molar-refractivity contribution in [2.75, 3.05) is 13.2 Å². The monoisotopic (exact) mass is 279 g/mol. The summed E-state index contributed by atoms with van der Waals surface area (Å²) in [6.45, 7) is 5.36. The number of hydrogen-bond acceptors (Lipinski definition) is 3. The van der Waals surface area contributed by atoms with Crippen LogP contribution >= 0.6 is 0 Å². The van der Waals surface area contributed by atoms with Gasteiger partial charge in [-0.3, -0.25) is 0 Å². The second-order valence-electron chi connectivity index (χ2n) is 6.28. The molecule has 2 fully saturated rings. The third kappa shape index (κ3) is 3.19. The van der Waals surface area contributed by atoms with Crippen LogP contribution in [0.25, 0.3) is 0 Å². The maximum Gasteiger partial charge on any atom is 0.163 e. The van der Waals surface area contributed by atoms with E-state index in [2.05, 4.69) is 5.32 Å². The molecule has 3 rings (SSSR count). The Kier molecular flexibility index (Phi) is 3.80. The molecule has 1 N–H and O–H groups in total. The molecular weight excluding hydrogens is 257 g/mol. The van der Waals surface area contributed by atoms with E-state index in [0.717, 1.165) is 24.9 Å². The molecule has 1 aliphatic carbocycles. The fourth-order valence-corrected chi connectivity index (χ4v) is 2.98. The summed E-state index contributed by atoms with van der Waals surface area (Å²) in [4.78, 5) is 0. The normalized spacial score (nSPS) is 32.0. The zero-order chi connectivity index (χ0) is 14.2. The highest BCUT2D eigenvalue weighted by Gasteiger charge is 2.35. The van der Waals surface area contributed by atoms with Gasteiger partial charge < -0.3 is 14.8 Å². The van der Waals surface area contributed by atoms with Crippen molar-refractivity contribution in [1.82, 2.24) is 5.32 Å². The summed E-state index contributed by atoms with van der Waals surface area (Å²) in [6.07, 6.45) is 2.28. The largest absolute Gasteiger partial charge is 0.348 e. The molecule has 110 valence electrons. The molecule has 20 heavy (non-hydrogen) atoms. The van der Waals surface area contributed by atoms with E-state index in [0.29, 0.717) is 18.6 Å². The molecule has 1 saturated carbocycles. The smallest absolute Gasteiger partial charge is 0.163 e. The topological polar surface area (TPSA) is 30.5 Å². The van der Waals surface area contributed by atoms with Gasteiger partial charge in [0.05, 0.1) is 12.7 Å². The van der Waals surface area contributed by atoms with Crippen LogP contribution in [0.3, 0.4) is 0 Å². The van der Waals surface area contributed by atoms with Gasteiger partial charge >= 0.3 is 0 Å². The fraction of sp³-hybridized carbons (Fsp3) is 0.625. The zero-order valence-electron chi connectivity index (χ0n) is 12.1. The van der Waals surface area contributed by atoms with Gasteiger partial charge in [-0.05, 0) is 50.3 Å². The van der Waals surface area contributed by atoms with Crippen molar-refractivity contribution in [2.24, 2.45) is 0 Å². The third-order valence-electron chi connectivity index (χ3n) is 4.16. The highest BCUT2D eigenvalue weighted by atomic mass is 19.1. The average molecular weight is 279 g/mol. The Balaban J connectivity index is 1.41. The van der Waals surface area contributed by atoms with E-state index in [1.165, 1.54) is 6.07 Å². The summed E-state index contributed by atoms with van der Waals surface area (Å²) in [7, 11) is 0. The molecule has 0 aromatic heterocycles. The van der Waals surface area contributed by atoms with E-state index < -0.39 is 5.79 Å². The molecule has 1 saturated heterocycles. The predicted molar refractivity (Wildman–Crippen MR) is 75.1 cm³/mol. The fourth-order valence-electron chi connectivity index (χ4n) is 2.98. The van der Waals surface area contributed by atoms with Gasteiger partial charge in [-0.25, -0.2) is 4.39 Å². The van der Waals surface area contributed by atoms with Crippen LogP contribution in [-0.2, 0) is 9.47 Å². The van der Waals surface area contributed by atoms with Gasteiger partial charge in [0.25, 0.3) is 0 Å². The average Bonchev–Trinajstić information content (AvgIpc) is 2.67. The first-order valence-corrected chi connectivity index (χ1v) is 7.32. The molecule has 1 aromatic carbocycles. The number of ether oxygens (including phenoxy) is 2. The quantitative estimate of drug-likeness (QED) is 0.919. The van der Waals surface area contributed by atoms with Crippen molar-refractivity contribution in [2.45, 2.75) is 50.5 Å². The summed E-state index contributed by atoms with van der Waals surface area (Å²) in [5.41, 5.74) is 1.12. The number of nitrogens with one attached hydrogen (secondary N) is 1. The molecule has 4 heteroatoms. The lowest BCUT2D eigenvalue weighted by Crippen LogP contribution is -2.44. The molecular formula is C16H22FNO2. The van der Waals surface area contributed by atoms with Crippen LogP contribution in [0.1, 0.15) is 38.2 Å². The van der Waals surface area contributed by atoms with Crippen LogP contribution in [0, 0.1) is 5.82 Å². The first-order valence-electron chi connectivity index (χ1n) is 7.32. The molecule has 0 bridgehead atoms. The van der Waals surface area contributed by atoms with Gasteiger partial charge in [-0.15, -0.1) is 0 Å². The number of rotatable bonds is 4. The van der Waals surface area contributed by atoms with Crippen molar-refractivity contribution in [3.63, 3.8) is 0 Å². The molecule has 1 aliphatic heterocycles. The second-order valence-corrected chi connectivity index (χ2v) is 6.28. The maximum atomic E-state index is 13.2. The van der Waals surface area contributed by atoms with E-state index in [-0.39, 0.29) is 11.9 Å². The minimum atomic E-state index is -0.448. The van der Waals surface area contributed by atoms with Gasteiger partial charge in [0.1, 0.15) is 5.82 Å². The van der Waals surface area contributed by atoms with Gasteiger partial charge in [0.2, 0.25) is 0 Å². The first-order chi connectivity index (χ1) is 9.52. The van der Waals surface area contributed by atoms with Crippen molar-refractivity contribution in [1.29, 1.82) is 0 Å². The van der Waals surface area contributed by atoms with Gasteiger partial charge in [-0.2, -0.15) is 0 Å². The molecule has 2 aliphatic rings. The molecule has 1 aromatic rings. The lowest BCUT2D eigenvalue weighted by atomic mass is 9.76. The molecule has 0 amide bonds. The van der Waals surface area contributed by atoms with Gasteiger partial charge in [0.15, 0.2) is 5.79 Å². The molecule has 1 heterocycles. The molecule has 1 unspecified atom stereocenters. The molecule has 0 spiro atoms. The molecule has 3 nitrogen and oxygen atoms in total. The number of benzene rings is 1. The second kappa shape index (κ2) is 5.43. The summed E-state index contributed by atoms with van der Waals surface area (Å²) in [6, 6.07) is 7.46. The number of hydrogen-bond donors (Lipinski definition) is 1. The van der Waals surface area contributed by atoms with E-state index in [1.807, 2.05) is 19.9 Å². The summed E-state index contributed by atoms with van der Waals surface area (Å²) < 4.78 is 24.5. The van der Waals surface area contributed by atoms with E-state index in [4.69, 9.17) is 9.47 Å². The van der Waals surface area contributed by atoms with Crippen molar-refractivity contribution >= 4 is 0 Å². The Morgan fingerprint density at radius 3 is 2.80 bits per heavy atom. The predicted octanol–water partition coefficient (Wildman–Crippen LogP) is 2.81. The van der Waals surface area contributed by atoms with Crippen LogP contribution < -0.4 is 5.32 Å². The summed E-state index contributed by atoms with van der Waals surface area (Å²) in [5, 5.41) is 3.51. The number of halogens is 1. The zero-order valence-corrected chi connectivity index (χ0v) is 12.1.